The van der Waals surface area contributed by atoms with Gasteiger partial charge < -0.3 is 29.3 Å². The van der Waals surface area contributed by atoms with Crippen LogP contribution in [0.4, 0.5) is 0 Å². The molecule has 168 valence electrons. The van der Waals surface area contributed by atoms with Crippen molar-refractivity contribution in [2.45, 2.75) is 18.8 Å². The lowest BCUT2D eigenvalue weighted by Gasteiger charge is -2.19. The first kappa shape index (κ1) is 20.6. The van der Waals surface area contributed by atoms with E-state index in [1.165, 1.54) is 0 Å². The molecular weight excluding hydrogens is 426 g/mol. The number of aromatic nitrogens is 2. The molecule has 0 saturated carbocycles. The Balaban J connectivity index is 1.49. The number of aromatic amines is 1. The van der Waals surface area contributed by atoms with E-state index in [9.17, 15) is 14.7 Å². The molecule has 4 aromatic rings. The fourth-order valence-electron chi connectivity index (χ4n) is 3.99. The van der Waals surface area contributed by atoms with Crippen molar-refractivity contribution in [2.75, 3.05) is 13.3 Å². The summed E-state index contributed by atoms with van der Waals surface area (Å²) >= 11 is 0. The van der Waals surface area contributed by atoms with Gasteiger partial charge in [0, 0.05) is 37.2 Å². The maximum Gasteiger partial charge on any atom is 0.343 e. The first-order valence-corrected chi connectivity index (χ1v) is 10.5. The molecule has 1 aliphatic heterocycles. The SMILES string of the molecule is O=C(CC(c1ccc2c(c1)OCO2)c1c(O)c2ccccc2oc1=O)NCCc1cnc[nH]1. The summed E-state index contributed by atoms with van der Waals surface area (Å²) in [6.07, 6.45) is 3.79. The topological polar surface area (TPSA) is 127 Å². The van der Waals surface area contributed by atoms with E-state index in [0.29, 0.717) is 35.4 Å². The van der Waals surface area contributed by atoms with Crippen LogP contribution in [0.3, 0.4) is 0 Å². The highest BCUT2D eigenvalue weighted by molar-refractivity contribution is 5.85. The summed E-state index contributed by atoms with van der Waals surface area (Å²) in [5.74, 6) is -0.135. The van der Waals surface area contributed by atoms with Crippen molar-refractivity contribution in [1.82, 2.24) is 15.3 Å². The second-order valence-electron chi connectivity index (χ2n) is 7.69. The number of amides is 1. The molecule has 5 rings (SSSR count). The summed E-state index contributed by atoms with van der Waals surface area (Å²) < 4.78 is 16.3. The summed E-state index contributed by atoms with van der Waals surface area (Å²) in [5, 5.41) is 14.3. The van der Waals surface area contributed by atoms with Crippen LogP contribution in [0.5, 0.6) is 17.2 Å². The molecule has 1 unspecified atom stereocenters. The lowest BCUT2D eigenvalue weighted by atomic mass is 9.87. The zero-order valence-electron chi connectivity index (χ0n) is 17.5. The fraction of sp³-hybridized carbons (Fsp3) is 0.208. The van der Waals surface area contributed by atoms with E-state index in [1.54, 1.807) is 55.0 Å². The molecule has 2 aromatic carbocycles. The molecule has 1 atom stereocenters. The van der Waals surface area contributed by atoms with E-state index in [4.69, 9.17) is 13.9 Å². The van der Waals surface area contributed by atoms with Gasteiger partial charge in [-0.1, -0.05) is 18.2 Å². The number of imidazole rings is 1. The van der Waals surface area contributed by atoms with Crippen LogP contribution in [-0.2, 0) is 11.2 Å². The largest absolute Gasteiger partial charge is 0.507 e. The number of aromatic hydroxyl groups is 1. The Bertz CT molecular complexity index is 1360. The average Bonchev–Trinajstić information content (AvgIpc) is 3.50. The van der Waals surface area contributed by atoms with Crippen LogP contribution in [0.2, 0.25) is 0 Å². The van der Waals surface area contributed by atoms with Gasteiger partial charge in [-0.25, -0.2) is 9.78 Å². The number of H-pyrrole nitrogens is 1. The Morgan fingerprint density at radius 3 is 2.88 bits per heavy atom. The third-order valence-electron chi connectivity index (χ3n) is 5.63. The van der Waals surface area contributed by atoms with Gasteiger partial charge in [-0.2, -0.15) is 0 Å². The number of carbonyl (C=O) groups is 1. The van der Waals surface area contributed by atoms with Gasteiger partial charge in [0.15, 0.2) is 11.5 Å². The van der Waals surface area contributed by atoms with Crippen molar-refractivity contribution in [2.24, 2.45) is 0 Å². The molecule has 1 amide bonds. The molecule has 0 radical (unpaired) electrons. The summed E-state index contributed by atoms with van der Waals surface area (Å²) in [6.45, 7) is 0.494. The van der Waals surface area contributed by atoms with E-state index in [2.05, 4.69) is 15.3 Å². The molecule has 0 aliphatic carbocycles. The molecule has 3 heterocycles. The Hall–Kier alpha value is -4.27. The Morgan fingerprint density at radius 2 is 2.03 bits per heavy atom. The number of fused-ring (bicyclic) bond motifs is 2. The molecular formula is C24H21N3O6. The number of rotatable bonds is 7. The van der Waals surface area contributed by atoms with Crippen LogP contribution < -0.4 is 20.4 Å². The lowest BCUT2D eigenvalue weighted by molar-refractivity contribution is -0.121. The van der Waals surface area contributed by atoms with Crippen molar-refractivity contribution in [3.63, 3.8) is 0 Å². The smallest absolute Gasteiger partial charge is 0.343 e. The second kappa shape index (κ2) is 8.70. The van der Waals surface area contributed by atoms with Crippen LogP contribution >= 0.6 is 0 Å². The van der Waals surface area contributed by atoms with Gasteiger partial charge in [-0.15, -0.1) is 0 Å². The van der Waals surface area contributed by atoms with Crippen LogP contribution in [0.15, 0.2) is 64.2 Å². The maximum absolute atomic E-state index is 12.9. The molecule has 1 aliphatic rings. The lowest BCUT2D eigenvalue weighted by Crippen LogP contribution is -2.28. The predicted octanol–water partition coefficient (Wildman–Crippen LogP) is 2.83. The van der Waals surface area contributed by atoms with Gasteiger partial charge in [-0.05, 0) is 29.8 Å². The van der Waals surface area contributed by atoms with Gasteiger partial charge >= 0.3 is 5.63 Å². The van der Waals surface area contributed by atoms with Crippen molar-refractivity contribution in [1.29, 1.82) is 0 Å². The highest BCUT2D eigenvalue weighted by atomic mass is 16.7. The molecule has 9 heteroatoms. The van der Waals surface area contributed by atoms with E-state index in [1.807, 2.05) is 0 Å². The van der Waals surface area contributed by atoms with Gasteiger partial charge in [0.1, 0.15) is 11.3 Å². The fourth-order valence-corrected chi connectivity index (χ4v) is 3.99. The minimum atomic E-state index is -0.757. The monoisotopic (exact) mass is 447 g/mol. The van der Waals surface area contributed by atoms with Gasteiger partial charge in [0.05, 0.1) is 17.3 Å². The number of benzene rings is 2. The molecule has 33 heavy (non-hydrogen) atoms. The standard InChI is InChI=1S/C24H21N3O6/c28-21(26-8-7-15-11-25-12-27-15)10-17(14-5-6-19-20(9-14)32-13-31-19)22-23(29)16-3-1-2-4-18(16)33-24(22)30/h1-6,9,11-12,17,29H,7-8,10,13H2,(H,25,27)(H,26,28). The second-order valence-corrected chi connectivity index (χ2v) is 7.69. The van der Waals surface area contributed by atoms with Crippen molar-refractivity contribution < 1.29 is 23.8 Å². The summed E-state index contributed by atoms with van der Waals surface area (Å²) in [5.41, 5.74) is 1.13. The van der Waals surface area contributed by atoms with Crippen LogP contribution in [0.1, 0.15) is 29.2 Å². The number of hydrogen-bond acceptors (Lipinski definition) is 7. The average molecular weight is 447 g/mol. The highest BCUT2D eigenvalue weighted by Crippen LogP contribution is 2.40. The molecule has 0 fully saturated rings. The normalized spacial score (nSPS) is 13.2. The third kappa shape index (κ3) is 4.12. The Labute approximate surface area is 188 Å². The van der Waals surface area contributed by atoms with E-state index in [0.717, 1.165) is 5.69 Å². The Kier molecular flexibility index (Phi) is 5.43. The van der Waals surface area contributed by atoms with E-state index < -0.39 is 11.5 Å². The van der Waals surface area contributed by atoms with Gasteiger partial charge in [0.25, 0.3) is 0 Å². The third-order valence-corrected chi connectivity index (χ3v) is 5.63. The molecule has 9 nitrogen and oxygen atoms in total. The molecule has 2 aromatic heterocycles. The van der Waals surface area contributed by atoms with Crippen LogP contribution in [-0.4, -0.2) is 34.3 Å². The van der Waals surface area contributed by atoms with E-state index >= 15 is 0 Å². The summed E-state index contributed by atoms with van der Waals surface area (Å²) in [7, 11) is 0. The number of nitrogens with zero attached hydrogens (tertiary/aromatic N) is 1. The highest BCUT2D eigenvalue weighted by Gasteiger charge is 2.28. The van der Waals surface area contributed by atoms with Crippen molar-refractivity contribution in [3.05, 3.63) is 82.2 Å². The molecule has 3 N–H and O–H groups in total. The van der Waals surface area contributed by atoms with Crippen molar-refractivity contribution in [3.8, 4) is 17.2 Å². The zero-order chi connectivity index (χ0) is 22.8. The maximum atomic E-state index is 12.9. The first-order chi connectivity index (χ1) is 16.1. The number of nitrogens with one attached hydrogen (secondary N) is 2. The minimum Gasteiger partial charge on any atom is -0.507 e. The van der Waals surface area contributed by atoms with Gasteiger partial charge in [0.2, 0.25) is 12.7 Å². The number of ether oxygens (including phenoxy) is 2. The number of carbonyl (C=O) groups excluding carboxylic acids is 1. The van der Waals surface area contributed by atoms with E-state index in [-0.39, 0.29) is 36.0 Å². The van der Waals surface area contributed by atoms with Crippen molar-refractivity contribution >= 4 is 16.9 Å². The van der Waals surface area contributed by atoms with Crippen LogP contribution in [0.25, 0.3) is 11.0 Å². The molecule has 0 saturated heterocycles. The molecule has 0 bridgehead atoms. The minimum absolute atomic E-state index is 0.0243. The Morgan fingerprint density at radius 1 is 1.18 bits per heavy atom. The molecule has 0 spiro atoms. The first-order valence-electron chi connectivity index (χ1n) is 10.5. The van der Waals surface area contributed by atoms with Crippen LogP contribution in [0, 0.1) is 0 Å². The van der Waals surface area contributed by atoms with Gasteiger partial charge in [-0.3, -0.25) is 4.79 Å². The summed E-state index contributed by atoms with van der Waals surface area (Å²) in [6, 6.07) is 11.9. The summed E-state index contributed by atoms with van der Waals surface area (Å²) in [4.78, 5) is 32.7. The predicted molar refractivity (Wildman–Crippen MR) is 118 cm³/mol. The number of para-hydroxylation sites is 1. The quantitative estimate of drug-likeness (QED) is 0.372. The number of hydrogen-bond donors (Lipinski definition) is 3. The zero-order valence-corrected chi connectivity index (χ0v) is 17.5.